The Kier molecular flexibility index (Phi) is 4.76. The highest BCUT2D eigenvalue weighted by atomic mass is 35.5. The molecule has 1 fully saturated rings. The van der Waals surface area contributed by atoms with E-state index in [-0.39, 0.29) is 11.5 Å². The summed E-state index contributed by atoms with van der Waals surface area (Å²) in [5, 5.41) is 11.3. The van der Waals surface area contributed by atoms with E-state index in [4.69, 9.17) is 11.6 Å². The lowest BCUT2D eigenvalue weighted by atomic mass is 10.1. The molecule has 0 radical (unpaired) electrons. The summed E-state index contributed by atoms with van der Waals surface area (Å²) in [6.07, 6.45) is 0. The topological polar surface area (TPSA) is 40.5 Å². The van der Waals surface area contributed by atoms with Crippen LogP contribution in [0.1, 0.15) is 29.8 Å². The minimum absolute atomic E-state index is 0.0720. The van der Waals surface area contributed by atoms with Gasteiger partial charge in [0, 0.05) is 41.2 Å². The number of hydrogen-bond donors (Lipinski definition) is 1. The second-order valence-electron chi connectivity index (χ2n) is 4.93. The van der Waals surface area contributed by atoms with Crippen LogP contribution in [-0.2, 0) is 6.54 Å². The standard InChI is InChI=1S/C14H18ClNO2S/c1-9-7-16(3-4-19-9)8-11-5-12(15)6-13(10(2)17)14(11)18/h5-6,9,18H,3-4,7-8H2,1-2H3. The molecule has 3 nitrogen and oxygen atoms in total. The van der Waals surface area contributed by atoms with E-state index >= 15 is 0 Å². The van der Waals surface area contributed by atoms with E-state index in [9.17, 15) is 9.90 Å². The first-order valence-electron chi connectivity index (χ1n) is 6.33. The summed E-state index contributed by atoms with van der Waals surface area (Å²) in [5.41, 5.74) is 1.04. The molecular formula is C14H18ClNO2S. The Balaban J connectivity index is 2.22. The van der Waals surface area contributed by atoms with E-state index in [1.165, 1.54) is 13.0 Å². The van der Waals surface area contributed by atoms with Gasteiger partial charge in [0.1, 0.15) is 5.75 Å². The average molecular weight is 300 g/mol. The molecule has 19 heavy (non-hydrogen) atoms. The summed E-state index contributed by atoms with van der Waals surface area (Å²) in [4.78, 5) is 13.8. The SMILES string of the molecule is CC(=O)c1cc(Cl)cc(CN2CCSC(C)C2)c1O. The Hall–Kier alpha value is -0.710. The Labute approximate surface area is 122 Å². The summed E-state index contributed by atoms with van der Waals surface area (Å²) in [6.45, 7) is 6.27. The summed E-state index contributed by atoms with van der Waals surface area (Å²) in [6, 6.07) is 3.27. The lowest BCUT2D eigenvalue weighted by Crippen LogP contribution is -2.36. The maximum absolute atomic E-state index is 11.5. The minimum atomic E-state index is -0.163. The Morgan fingerprint density at radius 3 is 2.95 bits per heavy atom. The number of nitrogens with zero attached hydrogens (tertiary/aromatic N) is 1. The van der Waals surface area contributed by atoms with E-state index in [0.717, 1.165) is 24.4 Å². The van der Waals surface area contributed by atoms with Crippen LogP contribution in [-0.4, -0.2) is 39.9 Å². The zero-order chi connectivity index (χ0) is 14.0. The molecule has 1 atom stereocenters. The normalized spacial score (nSPS) is 20.5. The van der Waals surface area contributed by atoms with Crippen molar-refractivity contribution in [3.05, 3.63) is 28.3 Å². The van der Waals surface area contributed by atoms with Gasteiger partial charge in [-0.2, -0.15) is 11.8 Å². The van der Waals surface area contributed by atoms with Gasteiger partial charge in [0.25, 0.3) is 0 Å². The van der Waals surface area contributed by atoms with Crippen molar-refractivity contribution in [2.45, 2.75) is 25.6 Å². The molecule has 104 valence electrons. The smallest absolute Gasteiger partial charge is 0.163 e. The largest absolute Gasteiger partial charge is 0.507 e. The summed E-state index contributed by atoms with van der Waals surface area (Å²) < 4.78 is 0. The monoisotopic (exact) mass is 299 g/mol. The number of Topliss-reactive ketones (excluding diaryl/α,β-unsaturated/α-hetero) is 1. The van der Waals surface area contributed by atoms with Crippen LogP contribution in [0, 0.1) is 0 Å². The fourth-order valence-corrected chi connectivity index (χ4v) is 3.64. The molecule has 1 aliphatic heterocycles. The molecule has 0 aromatic heterocycles. The van der Waals surface area contributed by atoms with Gasteiger partial charge in [0.05, 0.1) is 5.56 Å². The molecule has 1 aromatic rings. The van der Waals surface area contributed by atoms with Gasteiger partial charge in [-0.15, -0.1) is 0 Å². The first-order chi connectivity index (χ1) is 8.97. The highest BCUT2D eigenvalue weighted by molar-refractivity contribution is 7.99. The van der Waals surface area contributed by atoms with Crippen LogP contribution in [0.15, 0.2) is 12.1 Å². The molecule has 0 saturated carbocycles. The zero-order valence-corrected chi connectivity index (χ0v) is 12.7. The number of hydrogen-bond acceptors (Lipinski definition) is 4. The molecule has 0 spiro atoms. The van der Waals surface area contributed by atoms with E-state index in [2.05, 4.69) is 11.8 Å². The number of ketones is 1. The lowest BCUT2D eigenvalue weighted by molar-refractivity contribution is 0.101. The van der Waals surface area contributed by atoms with Crippen LogP contribution in [0.4, 0.5) is 0 Å². The fraction of sp³-hybridized carbons (Fsp3) is 0.500. The predicted octanol–water partition coefficient (Wildman–Crippen LogP) is 3.19. The average Bonchev–Trinajstić information content (AvgIpc) is 2.33. The highest BCUT2D eigenvalue weighted by Gasteiger charge is 2.20. The quantitative estimate of drug-likeness (QED) is 0.870. The summed E-state index contributed by atoms with van der Waals surface area (Å²) in [5.74, 6) is 1.01. The predicted molar refractivity (Wildman–Crippen MR) is 80.3 cm³/mol. The van der Waals surface area contributed by atoms with Gasteiger partial charge in [0.2, 0.25) is 0 Å². The number of carbonyl (C=O) groups excluding carboxylic acids is 1. The number of aromatic hydroxyl groups is 1. The number of phenols is 1. The summed E-state index contributed by atoms with van der Waals surface area (Å²) >= 11 is 7.99. The van der Waals surface area contributed by atoms with Gasteiger partial charge in [-0.25, -0.2) is 0 Å². The molecule has 1 heterocycles. The molecule has 1 unspecified atom stereocenters. The maximum atomic E-state index is 11.5. The van der Waals surface area contributed by atoms with Crippen LogP contribution in [0.3, 0.4) is 0 Å². The second kappa shape index (κ2) is 6.16. The van der Waals surface area contributed by atoms with Gasteiger partial charge in [-0.3, -0.25) is 9.69 Å². The van der Waals surface area contributed by atoms with Crippen molar-refractivity contribution >= 4 is 29.1 Å². The zero-order valence-electron chi connectivity index (χ0n) is 11.1. The van der Waals surface area contributed by atoms with Crippen LogP contribution in [0.25, 0.3) is 0 Å². The minimum Gasteiger partial charge on any atom is -0.507 e. The molecule has 1 saturated heterocycles. The number of rotatable bonds is 3. The van der Waals surface area contributed by atoms with Gasteiger partial charge < -0.3 is 5.11 Å². The van der Waals surface area contributed by atoms with Crippen molar-refractivity contribution in [1.29, 1.82) is 0 Å². The van der Waals surface area contributed by atoms with Crippen LogP contribution >= 0.6 is 23.4 Å². The molecule has 1 N–H and O–H groups in total. The van der Waals surface area contributed by atoms with E-state index in [1.54, 1.807) is 6.07 Å². The number of thioether (sulfide) groups is 1. The fourth-order valence-electron chi connectivity index (χ4n) is 2.32. The number of halogens is 1. The van der Waals surface area contributed by atoms with Crippen molar-refractivity contribution in [3.63, 3.8) is 0 Å². The maximum Gasteiger partial charge on any atom is 0.163 e. The van der Waals surface area contributed by atoms with E-state index in [1.807, 2.05) is 11.8 Å². The number of phenolic OH excluding ortho intramolecular Hbond substituents is 1. The number of carbonyl (C=O) groups is 1. The van der Waals surface area contributed by atoms with E-state index < -0.39 is 0 Å². The molecule has 0 aliphatic carbocycles. The van der Waals surface area contributed by atoms with Gasteiger partial charge in [-0.05, 0) is 19.1 Å². The van der Waals surface area contributed by atoms with Crippen molar-refractivity contribution in [2.75, 3.05) is 18.8 Å². The third-order valence-electron chi connectivity index (χ3n) is 3.25. The molecular weight excluding hydrogens is 282 g/mol. The van der Waals surface area contributed by atoms with Crippen LogP contribution in [0.2, 0.25) is 5.02 Å². The Morgan fingerprint density at radius 1 is 1.58 bits per heavy atom. The molecule has 0 bridgehead atoms. The third kappa shape index (κ3) is 3.65. The highest BCUT2D eigenvalue weighted by Crippen LogP contribution is 2.30. The van der Waals surface area contributed by atoms with Crippen molar-refractivity contribution in [1.82, 2.24) is 4.90 Å². The Bertz CT molecular complexity index is 493. The van der Waals surface area contributed by atoms with Gasteiger partial charge >= 0.3 is 0 Å². The van der Waals surface area contributed by atoms with Gasteiger partial charge in [0.15, 0.2) is 5.78 Å². The molecule has 1 aromatic carbocycles. The lowest BCUT2D eigenvalue weighted by Gasteiger charge is -2.30. The van der Waals surface area contributed by atoms with Crippen molar-refractivity contribution < 1.29 is 9.90 Å². The van der Waals surface area contributed by atoms with Crippen LogP contribution in [0.5, 0.6) is 5.75 Å². The summed E-state index contributed by atoms with van der Waals surface area (Å²) in [7, 11) is 0. The molecule has 1 aliphatic rings. The van der Waals surface area contributed by atoms with E-state index in [0.29, 0.717) is 22.4 Å². The van der Waals surface area contributed by atoms with Crippen LogP contribution < -0.4 is 0 Å². The van der Waals surface area contributed by atoms with Gasteiger partial charge in [-0.1, -0.05) is 18.5 Å². The third-order valence-corrected chi connectivity index (χ3v) is 4.61. The molecule has 2 rings (SSSR count). The number of benzene rings is 1. The van der Waals surface area contributed by atoms with Crippen molar-refractivity contribution in [3.8, 4) is 5.75 Å². The van der Waals surface area contributed by atoms with Crippen molar-refractivity contribution in [2.24, 2.45) is 0 Å². The first-order valence-corrected chi connectivity index (χ1v) is 7.76. The molecule has 5 heteroatoms. The Morgan fingerprint density at radius 2 is 2.32 bits per heavy atom. The second-order valence-corrected chi connectivity index (χ2v) is 6.92. The first kappa shape index (κ1) is 14.7. The molecule has 0 amide bonds.